The van der Waals surface area contributed by atoms with E-state index >= 15 is 0 Å². The van der Waals surface area contributed by atoms with Crippen molar-refractivity contribution >= 4 is 39.1 Å². The number of amides is 2. The number of rotatable bonds is 11. The molecule has 2 rings (SSSR count). The molecule has 9 heteroatoms. The Bertz CT molecular complexity index is 1100. The predicted octanol–water partition coefficient (Wildman–Crippen LogP) is 4.00. The molecule has 34 heavy (non-hydrogen) atoms. The molecule has 0 saturated heterocycles. The van der Waals surface area contributed by atoms with Gasteiger partial charge in [-0.25, -0.2) is 8.42 Å². The molecule has 0 heterocycles. The van der Waals surface area contributed by atoms with E-state index in [-0.39, 0.29) is 18.5 Å². The number of benzene rings is 2. The van der Waals surface area contributed by atoms with E-state index in [4.69, 9.17) is 11.6 Å². The molecule has 0 fully saturated rings. The van der Waals surface area contributed by atoms with Gasteiger partial charge in [0, 0.05) is 17.6 Å². The summed E-state index contributed by atoms with van der Waals surface area (Å²) >= 11 is 6.35. The summed E-state index contributed by atoms with van der Waals surface area (Å²) in [5.74, 6) is -0.778. The first-order valence-electron chi connectivity index (χ1n) is 11.4. The molecule has 0 saturated carbocycles. The third-order valence-corrected chi connectivity index (χ3v) is 6.93. The van der Waals surface area contributed by atoms with E-state index in [1.807, 2.05) is 39.8 Å². The van der Waals surface area contributed by atoms with Gasteiger partial charge in [-0.15, -0.1) is 0 Å². The van der Waals surface area contributed by atoms with Crippen LogP contribution in [-0.4, -0.2) is 50.0 Å². The van der Waals surface area contributed by atoms with Crippen molar-refractivity contribution in [1.29, 1.82) is 0 Å². The average molecular weight is 508 g/mol. The van der Waals surface area contributed by atoms with Crippen LogP contribution in [0, 0.1) is 0 Å². The summed E-state index contributed by atoms with van der Waals surface area (Å²) in [5.41, 5.74) is 1.94. The highest BCUT2D eigenvalue weighted by Crippen LogP contribution is 2.25. The van der Waals surface area contributed by atoms with Crippen LogP contribution in [0.1, 0.15) is 45.2 Å². The Kier molecular flexibility index (Phi) is 9.94. The maximum Gasteiger partial charge on any atom is 0.244 e. The van der Waals surface area contributed by atoms with Crippen molar-refractivity contribution in [2.24, 2.45) is 0 Å². The minimum Gasteiger partial charge on any atom is -0.352 e. The van der Waals surface area contributed by atoms with E-state index in [0.29, 0.717) is 29.1 Å². The molecule has 2 amide bonds. The van der Waals surface area contributed by atoms with E-state index < -0.39 is 28.5 Å². The summed E-state index contributed by atoms with van der Waals surface area (Å²) in [6, 6.07) is 13.3. The van der Waals surface area contributed by atoms with E-state index in [1.54, 1.807) is 36.4 Å². The number of nitrogens with zero attached hydrogens (tertiary/aromatic N) is 2. The van der Waals surface area contributed by atoms with E-state index in [2.05, 4.69) is 5.32 Å². The number of carbonyl (C=O) groups is 2. The second-order valence-electron chi connectivity index (χ2n) is 8.45. The van der Waals surface area contributed by atoms with Crippen LogP contribution in [0.3, 0.4) is 0 Å². The Morgan fingerprint density at radius 1 is 1.00 bits per heavy atom. The van der Waals surface area contributed by atoms with Gasteiger partial charge in [0.1, 0.15) is 12.6 Å². The van der Waals surface area contributed by atoms with Gasteiger partial charge in [-0.05, 0) is 49.9 Å². The van der Waals surface area contributed by atoms with Crippen LogP contribution < -0.4 is 9.62 Å². The third-order valence-electron chi connectivity index (χ3n) is 5.44. The number of para-hydroxylation sites is 1. The number of sulfonamides is 1. The first-order valence-corrected chi connectivity index (χ1v) is 13.6. The smallest absolute Gasteiger partial charge is 0.244 e. The summed E-state index contributed by atoms with van der Waals surface area (Å²) in [5, 5.41) is 3.33. The fourth-order valence-corrected chi connectivity index (χ4v) is 4.83. The van der Waals surface area contributed by atoms with Crippen molar-refractivity contribution in [3.63, 3.8) is 0 Å². The minimum atomic E-state index is -3.77. The van der Waals surface area contributed by atoms with Crippen LogP contribution in [0.25, 0.3) is 0 Å². The number of anilines is 1. The van der Waals surface area contributed by atoms with Crippen LogP contribution in [0.15, 0.2) is 48.5 Å². The van der Waals surface area contributed by atoms with Gasteiger partial charge in [0.15, 0.2) is 0 Å². The molecule has 0 aliphatic rings. The first-order chi connectivity index (χ1) is 16.0. The molecule has 0 aliphatic carbocycles. The van der Waals surface area contributed by atoms with Crippen LogP contribution >= 0.6 is 11.6 Å². The van der Waals surface area contributed by atoms with Gasteiger partial charge < -0.3 is 10.2 Å². The zero-order valence-electron chi connectivity index (χ0n) is 20.4. The lowest BCUT2D eigenvalue weighted by atomic mass is 10.1. The highest BCUT2D eigenvalue weighted by atomic mass is 35.5. The SMILES string of the molecule is CCc1ccccc1N(CC(=O)N(Cc1ccccc1Cl)C(CC)C(=O)NC(C)C)S(C)(=O)=O. The van der Waals surface area contributed by atoms with Crippen molar-refractivity contribution in [3.8, 4) is 0 Å². The van der Waals surface area contributed by atoms with Crippen molar-refractivity contribution < 1.29 is 18.0 Å². The van der Waals surface area contributed by atoms with Gasteiger partial charge in [0.2, 0.25) is 21.8 Å². The third kappa shape index (κ3) is 7.21. The molecule has 0 aromatic heterocycles. The fraction of sp³-hybridized carbons (Fsp3) is 0.440. The molecule has 2 aromatic rings. The number of nitrogens with one attached hydrogen (secondary N) is 1. The molecule has 0 aliphatic heterocycles. The molecular weight excluding hydrogens is 474 g/mol. The Balaban J connectivity index is 2.49. The zero-order chi connectivity index (χ0) is 25.5. The molecule has 1 atom stereocenters. The van der Waals surface area contributed by atoms with Crippen LogP contribution in [0.4, 0.5) is 5.69 Å². The van der Waals surface area contributed by atoms with E-state index in [0.717, 1.165) is 16.1 Å². The largest absolute Gasteiger partial charge is 0.352 e. The van der Waals surface area contributed by atoms with Crippen molar-refractivity contribution in [2.45, 2.75) is 59.2 Å². The molecule has 7 nitrogen and oxygen atoms in total. The summed E-state index contributed by atoms with van der Waals surface area (Å²) in [4.78, 5) is 28.1. The van der Waals surface area contributed by atoms with Crippen LogP contribution in [0.2, 0.25) is 5.02 Å². The topological polar surface area (TPSA) is 86.8 Å². The molecule has 2 aromatic carbocycles. The van der Waals surface area contributed by atoms with E-state index in [1.165, 1.54) is 4.90 Å². The van der Waals surface area contributed by atoms with Crippen LogP contribution in [-0.2, 0) is 32.6 Å². The average Bonchev–Trinajstić information content (AvgIpc) is 2.77. The Hall–Kier alpha value is -2.58. The van der Waals surface area contributed by atoms with Gasteiger partial charge >= 0.3 is 0 Å². The molecule has 0 radical (unpaired) electrons. The lowest BCUT2D eigenvalue weighted by Gasteiger charge is -2.33. The summed E-state index contributed by atoms with van der Waals surface area (Å²) in [7, 11) is -3.77. The predicted molar refractivity (Wildman–Crippen MR) is 137 cm³/mol. The molecule has 186 valence electrons. The molecule has 1 N–H and O–H groups in total. The van der Waals surface area contributed by atoms with E-state index in [9.17, 15) is 18.0 Å². The summed E-state index contributed by atoms with van der Waals surface area (Å²) in [6.45, 7) is 7.09. The minimum absolute atomic E-state index is 0.0789. The Morgan fingerprint density at radius 3 is 2.12 bits per heavy atom. The molecule has 0 bridgehead atoms. The number of halogens is 1. The second-order valence-corrected chi connectivity index (χ2v) is 10.8. The van der Waals surface area contributed by atoms with Crippen LogP contribution in [0.5, 0.6) is 0 Å². The number of carbonyl (C=O) groups excluding carboxylic acids is 2. The lowest BCUT2D eigenvalue weighted by Crippen LogP contribution is -2.53. The van der Waals surface area contributed by atoms with Gasteiger partial charge in [-0.2, -0.15) is 0 Å². The zero-order valence-corrected chi connectivity index (χ0v) is 22.0. The van der Waals surface area contributed by atoms with Gasteiger partial charge in [-0.3, -0.25) is 13.9 Å². The fourth-order valence-electron chi connectivity index (χ4n) is 3.76. The second kappa shape index (κ2) is 12.2. The standard InChI is InChI=1S/C25H34ClN3O4S/c1-6-19-12-9-11-15-23(19)29(34(5,32)33)17-24(30)28(16-20-13-8-10-14-21(20)26)22(7-2)25(31)27-18(3)4/h8-15,18,22H,6-7,16-17H2,1-5H3,(H,27,31). The van der Waals surface area contributed by atoms with Crippen molar-refractivity contribution in [2.75, 3.05) is 17.1 Å². The molecule has 1 unspecified atom stereocenters. The molecule has 0 spiro atoms. The van der Waals surface area contributed by atoms with Gasteiger partial charge in [-0.1, -0.05) is 61.8 Å². The number of hydrogen-bond acceptors (Lipinski definition) is 4. The summed E-state index contributed by atoms with van der Waals surface area (Å²) in [6.07, 6.45) is 2.04. The van der Waals surface area contributed by atoms with Gasteiger partial charge in [0.25, 0.3) is 0 Å². The Labute approximate surface area is 208 Å². The monoisotopic (exact) mass is 507 g/mol. The highest BCUT2D eigenvalue weighted by molar-refractivity contribution is 7.92. The lowest BCUT2D eigenvalue weighted by molar-refractivity contribution is -0.140. The maximum atomic E-state index is 13.7. The quantitative estimate of drug-likeness (QED) is 0.498. The molecular formula is C25H34ClN3O4S. The summed E-state index contributed by atoms with van der Waals surface area (Å²) < 4.78 is 26.6. The van der Waals surface area contributed by atoms with Crippen molar-refractivity contribution in [1.82, 2.24) is 10.2 Å². The normalized spacial score (nSPS) is 12.3. The first kappa shape index (κ1) is 27.7. The Morgan fingerprint density at radius 2 is 1.59 bits per heavy atom. The highest BCUT2D eigenvalue weighted by Gasteiger charge is 2.32. The maximum absolute atomic E-state index is 13.7. The van der Waals surface area contributed by atoms with Crippen molar-refractivity contribution in [3.05, 3.63) is 64.7 Å². The number of aryl methyl sites for hydroxylation is 1. The number of hydrogen-bond donors (Lipinski definition) is 1. The van der Waals surface area contributed by atoms with Gasteiger partial charge in [0.05, 0.1) is 11.9 Å².